The molecule has 0 saturated carbocycles. The Morgan fingerprint density at radius 2 is 1.93 bits per heavy atom. The lowest BCUT2D eigenvalue weighted by atomic mass is 10.2. The first-order valence-corrected chi connectivity index (χ1v) is 9.27. The number of aromatic nitrogens is 3. The molecule has 3 N–H and O–H groups in total. The van der Waals surface area contributed by atoms with E-state index < -0.39 is 0 Å². The number of benzene rings is 2. The van der Waals surface area contributed by atoms with Crippen molar-refractivity contribution in [1.82, 2.24) is 15.0 Å². The average molecular weight is 398 g/mol. The Labute approximate surface area is 162 Å². The molecule has 4 aromatic rings. The molecular weight excluding hydrogens is 383 g/mol. The Hall–Kier alpha value is -3.46. The fourth-order valence-corrected chi connectivity index (χ4v) is 3.36. The van der Waals surface area contributed by atoms with E-state index in [4.69, 9.17) is 4.74 Å². The van der Waals surface area contributed by atoms with Crippen molar-refractivity contribution in [3.8, 4) is 5.75 Å². The van der Waals surface area contributed by atoms with E-state index in [1.54, 1.807) is 35.7 Å². The van der Waals surface area contributed by atoms with Crippen molar-refractivity contribution in [3.05, 3.63) is 74.8 Å². The summed E-state index contributed by atoms with van der Waals surface area (Å²) in [6.07, 6.45) is 0.120. The number of fused-ring (bicyclic) bond motifs is 1. The lowest BCUT2D eigenvalue weighted by Gasteiger charge is -2.04. The molecule has 0 fully saturated rings. The first-order chi connectivity index (χ1) is 13.5. The van der Waals surface area contributed by atoms with Crippen LogP contribution in [0.2, 0.25) is 0 Å². The number of ether oxygens (including phenoxy) is 1. The highest BCUT2D eigenvalue weighted by molar-refractivity contribution is 7.09. The van der Waals surface area contributed by atoms with Gasteiger partial charge >= 0.3 is 5.69 Å². The Balaban J connectivity index is 1.34. The van der Waals surface area contributed by atoms with Crippen LogP contribution in [0.3, 0.4) is 0 Å². The van der Waals surface area contributed by atoms with Crippen molar-refractivity contribution < 1.29 is 13.9 Å². The molecule has 9 heteroatoms. The Morgan fingerprint density at radius 3 is 2.75 bits per heavy atom. The second kappa shape index (κ2) is 7.65. The third kappa shape index (κ3) is 4.26. The van der Waals surface area contributed by atoms with Crippen LogP contribution in [0.15, 0.2) is 52.6 Å². The SMILES string of the molecule is O=C(Cc1csc(COc2ccc(F)cc2)n1)Nc1ccc2[nH]c(=O)[nH]c2c1. The molecule has 142 valence electrons. The molecular formula is C19H15FN4O3S. The highest BCUT2D eigenvalue weighted by Crippen LogP contribution is 2.18. The zero-order valence-electron chi connectivity index (χ0n) is 14.5. The van der Waals surface area contributed by atoms with Crippen LogP contribution in [-0.2, 0) is 17.8 Å². The van der Waals surface area contributed by atoms with Gasteiger partial charge in [0.15, 0.2) is 0 Å². The lowest BCUT2D eigenvalue weighted by Crippen LogP contribution is -2.14. The molecule has 0 aliphatic heterocycles. The first kappa shape index (κ1) is 17.9. The van der Waals surface area contributed by atoms with Gasteiger partial charge in [-0.25, -0.2) is 14.2 Å². The number of hydrogen-bond acceptors (Lipinski definition) is 5. The number of amides is 1. The predicted octanol–water partition coefficient (Wildman–Crippen LogP) is 3.21. The summed E-state index contributed by atoms with van der Waals surface area (Å²) in [5.41, 5.74) is 2.22. The van der Waals surface area contributed by atoms with Crippen LogP contribution in [0.4, 0.5) is 10.1 Å². The van der Waals surface area contributed by atoms with Crippen LogP contribution < -0.4 is 15.7 Å². The number of rotatable bonds is 6. The van der Waals surface area contributed by atoms with Gasteiger partial charge in [0.2, 0.25) is 5.91 Å². The van der Waals surface area contributed by atoms with Crippen molar-refractivity contribution in [2.24, 2.45) is 0 Å². The number of H-pyrrole nitrogens is 2. The number of nitrogens with zero attached hydrogens (tertiary/aromatic N) is 1. The van der Waals surface area contributed by atoms with E-state index in [-0.39, 0.29) is 30.4 Å². The molecule has 0 radical (unpaired) electrons. The number of anilines is 1. The third-order valence-corrected chi connectivity index (χ3v) is 4.79. The minimum Gasteiger partial charge on any atom is -0.486 e. The molecule has 4 rings (SSSR count). The van der Waals surface area contributed by atoms with Gasteiger partial charge in [-0.15, -0.1) is 11.3 Å². The topological polar surface area (TPSA) is 99.9 Å². The number of hydrogen-bond donors (Lipinski definition) is 3. The average Bonchev–Trinajstić information content (AvgIpc) is 3.26. The minimum absolute atomic E-state index is 0.120. The molecule has 2 heterocycles. The highest BCUT2D eigenvalue weighted by atomic mass is 32.1. The van der Waals surface area contributed by atoms with Crippen LogP contribution in [0.5, 0.6) is 5.75 Å². The summed E-state index contributed by atoms with van der Waals surface area (Å²) in [6, 6.07) is 10.9. The maximum atomic E-state index is 12.9. The second-order valence-corrected chi connectivity index (χ2v) is 6.98. The number of nitrogens with one attached hydrogen (secondary N) is 3. The fraction of sp³-hybridized carbons (Fsp3) is 0.105. The quantitative estimate of drug-likeness (QED) is 0.464. The number of aromatic amines is 2. The maximum Gasteiger partial charge on any atom is 0.323 e. The van der Waals surface area contributed by atoms with Gasteiger partial charge in [0.05, 0.1) is 23.1 Å². The molecule has 0 saturated heterocycles. The third-order valence-electron chi connectivity index (χ3n) is 3.92. The monoisotopic (exact) mass is 398 g/mol. The number of carbonyl (C=O) groups excluding carboxylic acids is 1. The largest absolute Gasteiger partial charge is 0.486 e. The predicted molar refractivity (Wildman–Crippen MR) is 104 cm³/mol. The van der Waals surface area contributed by atoms with Gasteiger partial charge in [0.25, 0.3) is 0 Å². The Morgan fingerprint density at radius 1 is 1.14 bits per heavy atom. The van der Waals surface area contributed by atoms with E-state index in [0.717, 1.165) is 5.01 Å². The van der Waals surface area contributed by atoms with Crippen molar-refractivity contribution in [2.75, 3.05) is 5.32 Å². The van der Waals surface area contributed by atoms with Crippen LogP contribution in [0, 0.1) is 5.82 Å². The number of imidazole rings is 1. The molecule has 2 aromatic carbocycles. The summed E-state index contributed by atoms with van der Waals surface area (Å²) in [5, 5.41) is 5.31. The van der Waals surface area contributed by atoms with E-state index in [0.29, 0.717) is 28.2 Å². The smallest absolute Gasteiger partial charge is 0.323 e. The van der Waals surface area contributed by atoms with Crippen molar-refractivity contribution in [1.29, 1.82) is 0 Å². The molecule has 2 aromatic heterocycles. The summed E-state index contributed by atoms with van der Waals surface area (Å²) in [7, 11) is 0. The highest BCUT2D eigenvalue weighted by Gasteiger charge is 2.10. The number of thiazole rings is 1. The van der Waals surface area contributed by atoms with Crippen LogP contribution >= 0.6 is 11.3 Å². The standard InChI is InChI=1S/C19H15FN4O3S/c20-11-1-4-14(5-2-11)27-9-18-22-13(10-28-18)8-17(25)21-12-3-6-15-16(7-12)24-19(26)23-15/h1-7,10H,8-9H2,(H,21,25)(H2,23,24,26). The Kier molecular flexibility index (Phi) is 4.90. The fourth-order valence-electron chi connectivity index (χ4n) is 2.65. The molecule has 28 heavy (non-hydrogen) atoms. The van der Waals surface area contributed by atoms with Crippen LogP contribution in [0.1, 0.15) is 10.7 Å². The normalized spacial score (nSPS) is 10.9. The second-order valence-electron chi connectivity index (χ2n) is 6.04. The summed E-state index contributed by atoms with van der Waals surface area (Å²) >= 11 is 1.39. The van der Waals surface area contributed by atoms with E-state index in [1.165, 1.54) is 23.5 Å². The molecule has 0 atom stereocenters. The minimum atomic E-state index is -0.322. The molecule has 7 nitrogen and oxygen atoms in total. The van der Waals surface area contributed by atoms with Crippen molar-refractivity contribution in [3.63, 3.8) is 0 Å². The van der Waals surface area contributed by atoms with Gasteiger partial charge in [-0.3, -0.25) is 4.79 Å². The summed E-state index contributed by atoms with van der Waals surface area (Å²) in [6.45, 7) is 0.245. The van der Waals surface area contributed by atoms with E-state index in [2.05, 4.69) is 20.3 Å². The molecule has 0 aliphatic rings. The maximum absolute atomic E-state index is 12.9. The van der Waals surface area contributed by atoms with E-state index >= 15 is 0 Å². The van der Waals surface area contributed by atoms with Gasteiger partial charge in [0.1, 0.15) is 23.2 Å². The van der Waals surface area contributed by atoms with Crippen molar-refractivity contribution in [2.45, 2.75) is 13.0 Å². The van der Waals surface area contributed by atoms with Crippen LogP contribution in [0.25, 0.3) is 11.0 Å². The molecule has 1 amide bonds. The number of halogens is 1. The summed E-state index contributed by atoms with van der Waals surface area (Å²) < 4.78 is 18.4. The van der Waals surface area contributed by atoms with Gasteiger partial charge < -0.3 is 20.0 Å². The van der Waals surface area contributed by atoms with Crippen molar-refractivity contribution >= 4 is 34.0 Å². The first-order valence-electron chi connectivity index (χ1n) is 8.39. The summed E-state index contributed by atoms with van der Waals surface area (Å²) in [4.78, 5) is 33.2. The molecule has 0 spiro atoms. The zero-order chi connectivity index (χ0) is 19.5. The lowest BCUT2D eigenvalue weighted by molar-refractivity contribution is -0.115. The van der Waals surface area contributed by atoms with Gasteiger partial charge in [-0.2, -0.15) is 0 Å². The summed E-state index contributed by atoms with van der Waals surface area (Å²) in [5.74, 6) is 0.0135. The van der Waals surface area contributed by atoms with Gasteiger partial charge in [0, 0.05) is 11.1 Å². The van der Waals surface area contributed by atoms with Gasteiger partial charge in [-0.05, 0) is 42.5 Å². The van der Waals surface area contributed by atoms with Crippen LogP contribution in [-0.4, -0.2) is 20.9 Å². The zero-order valence-corrected chi connectivity index (χ0v) is 15.3. The van der Waals surface area contributed by atoms with E-state index in [9.17, 15) is 14.0 Å². The number of carbonyl (C=O) groups is 1. The van der Waals surface area contributed by atoms with Gasteiger partial charge in [-0.1, -0.05) is 0 Å². The molecule has 0 aliphatic carbocycles. The molecule has 0 bridgehead atoms. The van der Waals surface area contributed by atoms with E-state index in [1.807, 2.05) is 0 Å². The molecule has 0 unspecified atom stereocenters. The Bertz CT molecular complexity index is 1180.